The molecule has 0 N–H and O–H groups in total. The molecule has 0 fully saturated rings. The average Bonchev–Trinajstić information content (AvgIpc) is 2.21. The second-order valence-corrected chi connectivity index (χ2v) is 2.82. The summed E-state index contributed by atoms with van der Waals surface area (Å²) >= 11 is 0. The van der Waals surface area contributed by atoms with Gasteiger partial charge in [0.1, 0.15) is 0 Å². The number of nitrogens with zero attached hydrogens (tertiary/aromatic N) is 1. The Morgan fingerprint density at radius 2 is 2.25 bits per heavy atom. The lowest BCUT2D eigenvalue weighted by Gasteiger charge is -2.14. The van der Waals surface area contributed by atoms with Crippen molar-refractivity contribution < 1.29 is 0 Å². The quantitative estimate of drug-likeness (QED) is 0.544. The Hall–Kier alpha value is -0.770. The van der Waals surface area contributed by atoms with Gasteiger partial charge in [0.15, 0.2) is 0 Å². The lowest BCUT2D eigenvalue weighted by molar-refractivity contribution is 0.570. The highest BCUT2D eigenvalue weighted by Crippen LogP contribution is 2.24. The van der Waals surface area contributed by atoms with Crippen LogP contribution in [0.1, 0.15) is 46.5 Å². The lowest BCUT2D eigenvalue weighted by atomic mass is 9.90. The second kappa shape index (κ2) is 6.91. The molecule has 0 radical (unpaired) electrons. The average molecular weight is 165 g/mol. The molecule has 1 atom stereocenters. The topological polar surface area (TPSA) is 23.8 Å². The van der Waals surface area contributed by atoms with Crippen molar-refractivity contribution in [2.24, 2.45) is 5.92 Å². The monoisotopic (exact) mass is 165 g/mol. The molecule has 0 saturated carbocycles. The van der Waals surface area contributed by atoms with E-state index >= 15 is 0 Å². The van der Waals surface area contributed by atoms with Crippen LogP contribution in [-0.2, 0) is 0 Å². The molecule has 0 aliphatic heterocycles. The predicted octanol–water partition coefficient (Wildman–Crippen LogP) is 3.67. The molecule has 0 spiro atoms. The summed E-state index contributed by atoms with van der Waals surface area (Å²) < 4.78 is 0. The van der Waals surface area contributed by atoms with Crippen molar-refractivity contribution in [1.29, 1.82) is 5.26 Å². The molecule has 1 rings (SSSR count). The highest BCUT2D eigenvalue weighted by Gasteiger charge is 2.11. The van der Waals surface area contributed by atoms with Crippen molar-refractivity contribution in [3.8, 4) is 6.07 Å². The van der Waals surface area contributed by atoms with Crippen LogP contribution in [0, 0.1) is 17.2 Å². The Labute approximate surface area is 76.1 Å². The molecular weight excluding hydrogens is 146 g/mol. The van der Waals surface area contributed by atoms with Crippen LogP contribution in [0.15, 0.2) is 11.6 Å². The summed E-state index contributed by atoms with van der Waals surface area (Å²) in [4.78, 5) is 0. The van der Waals surface area contributed by atoms with Gasteiger partial charge in [0, 0.05) is 0 Å². The summed E-state index contributed by atoms with van der Waals surface area (Å²) in [6.07, 6.45) is 6.61. The van der Waals surface area contributed by atoms with Crippen LogP contribution in [0.4, 0.5) is 0 Å². The molecule has 1 nitrogen and oxygen atoms in total. The van der Waals surface area contributed by atoms with Crippen LogP contribution in [0.5, 0.6) is 0 Å². The Kier molecular flexibility index (Phi) is 6.47. The fourth-order valence-electron chi connectivity index (χ4n) is 1.33. The molecular formula is C11H19N. The third-order valence-electron chi connectivity index (χ3n) is 2.14. The maximum absolute atomic E-state index is 8.57. The molecule has 0 aromatic carbocycles. The summed E-state index contributed by atoms with van der Waals surface area (Å²) in [6.45, 7) is 6.18. The van der Waals surface area contributed by atoms with Crippen LogP contribution in [0.2, 0.25) is 0 Å². The number of nitriles is 1. The van der Waals surface area contributed by atoms with Crippen molar-refractivity contribution >= 4 is 0 Å². The number of hydrogen-bond acceptors (Lipinski definition) is 1. The van der Waals surface area contributed by atoms with Gasteiger partial charge in [-0.05, 0) is 25.7 Å². The van der Waals surface area contributed by atoms with Crippen molar-refractivity contribution in [3.63, 3.8) is 0 Å². The Morgan fingerprint density at radius 3 is 2.58 bits per heavy atom. The normalized spacial score (nSPS) is 21.5. The van der Waals surface area contributed by atoms with E-state index in [0.29, 0.717) is 5.92 Å². The van der Waals surface area contributed by atoms with E-state index in [1.807, 2.05) is 13.8 Å². The second-order valence-electron chi connectivity index (χ2n) is 2.82. The number of hydrogen-bond donors (Lipinski definition) is 0. The maximum Gasteiger partial charge on any atom is 0.0659 e. The molecule has 0 heterocycles. The van der Waals surface area contributed by atoms with Crippen molar-refractivity contribution in [3.05, 3.63) is 11.6 Å². The van der Waals surface area contributed by atoms with E-state index in [1.165, 1.54) is 5.57 Å². The van der Waals surface area contributed by atoms with Crippen LogP contribution in [-0.4, -0.2) is 0 Å². The lowest BCUT2D eigenvalue weighted by Crippen LogP contribution is -2.02. The molecule has 1 heteroatoms. The van der Waals surface area contributed by atoms with Gasteiger partial charge in [0.2, 0.25) is 0 Å². The minimum atomic E-state index is 0.301. The fraction of sp³-hybridized carbons (Fsp3) is 0.727. The standard InChI is InChI=1S/C9H13N.C2H6/c1-2-8-3-5-9(7-10)6-4-8;1-2/h3,9H,2,4-6H2,1H3;1-2H3. The van der Waals surface area contributed by atoms with E-state index in [-0.39, 0.29) is 0 Å². The van der Waals surface area contributed by atoms with Crippen LogP contribution >= 0.6 is 0 Å². The molecule has 1 unspecified atom stereocenters. The van der Waals surface area contributed by atoms with Gasteiger partial charge in [-0.3, -0.25) is 0 Å². The molecule has 1 aliphatic carbocycles. The van der Waals surface area contributed by atoms with Crippen molar-refractivity contribution in [1.82, 2.24) is 0 Å². The Balaban J connectivity index is 0.000000561. The Morgan fingerprint density at radius 1 is 1.58 bits per heavy atom. The molecule has 0 aromatic rings. The van der Waals surface area contributed by atoms with E-state index in [9.17, 15) is 0 Å². The van der Waals surface area contributed by atoms with Gasteiger partial charge >= 0.3 is 0 Å². The summed E-state index contributed by atoms with van der Waals surface area (Å²) in [5, 5.41) is 8.57. The molecule has 68 valence electrons. The number of allylic oxidation sites excluding steroid dienone is 2. The summed E-state index contributed by atoms with van der Waals surface area (Å²) in [5.41, 5.74) is 1.53. The molecule has 0 aromatic heterocycles. The third kappa shape index (κ3) is 3.57. The zero-order valence-electron chi connectivity index (χ0n) is 8.43. The van der Waals surface area contributed by atoms with Gasteiger partial charge < -0.3 is 0 Å². The van der Waals surface area contributed by atoms with Gasteiger partial charge in [-0.1, -0.05) is 32.4 Å². The SMILES string of the molecule is CC.CCC1=CCC(C#N)CC1. The van der Waals surface area contributed by atoms with Crippen molar-refractivity contribution in [2.45, 2.75) is 46.5 Å². The molecule has 0 saturated heterocycles. The summed E-state index contributed by atoms with van der Waals surface area (Å²) in [6, 6.07) is 2.30. The van der Waals surface area contributed by atoms with E-state index in [0.717, 1.165) is 25.7 Å². The first-order valence-electron chi connectivity index (χ1n) is 4.94. The van der Waals surface area contributed by atoms with E-state index < -0.39 is 0 Å². The largest absolute Gasteiger partial charge is 0.198 e. The first kappa shape index (κ1) is 11.2. The van der Waals surface area contributed by atoms with E-state index in [1.54, 1.807) is 0 Å². The zero-order chi connectivity index (χ0) is 9.40. The minimum absolute atomic E-state index is 0.301. The minimum Gasteiger partial charge on any atom is -0.198 e. The zero-order valence-corrected chi connectivity index (χ0v) is 8.43. The van der Waals surface area contributed by atoms with Gasteiger partial charge in [-0.15, -0.1) is 0 Å². The van der Waals surface area contributed by atoms with Gasteiger partial charge in [0.25, 0.3) is 0 Å². The highest BCUT2D eigenvalue weighted by molar-refractivity contribution is 5.08. The highest BCUT2D eigenvalue weighted by atomic mass is 14.3. The molecule has 0 bridgehead atoms. The Bertz CT molecular complexity index is 174. The molecule has 12 heavy (non-hydrogen) atoms. The van der Waals surface area contributed by atoms with Gasteiger partial charge in [-0.25, -0.2) is 0 Å². The van der Waals surface area contributed by atoms with Crippen LogP contribution in [0.25, 0.3) is 0 Å². The summed E-state index contributed by atoms with van der Waals surface area (Å²) in [7, 11) is 0. The van der Waals surface area contributed by atoms with Gasteiger partial charge in [0.05, 0.1) is 12.0 Å². The number of rotatable bonds is 1. The van der Waals surface area contributed by atoms with E-state index in [4.69, 9.17) is 5.26 Å². The fourth-order valence-corrected chi connectivity index (χ4v) is 1.33. The third-order valence-corrected chi connectivity index (χ3v) is 2.14. The molecule has 1 aliphatic rings. The van der Waals surface area contributed by atoms with Crippen LogP contribution in [0.3, 0.4) is 0 Å². The summed E-state index contributed by atoms with van der Waals surface area (Å²) in [5.74, 6) is 0.301. The molecule has 0 amide bonds. The predicted molar refractivity (Wildman–Crippen MR) is 52.7 cm³/mol. The van der Waals surface area contributed by atoms with Gasteiger partial charge in [-0.2, -0.15) is 5.26 Å². The smallest absolute Gasteiger partial charge is 0.0659 e. The maximum atomic E-state index is 8.57. The van der Waals surface area contributed by atoms with Crippen molar-refractivity contribution in [2.75, 3.05) is 0 Å². The van der Waals surface area contributed by atoms with Crippen LogP contribution < -0.4 is 0 Å². The first-order chi connectivity index (χ1) is 5.86. The first-order valence-corrected chi connectivity index (χ1v) is 4.94. The van der Waals surface area contributed by atoms with E-state index in [2.05, 4.69) is 19.1 Å².